The third kappa shape index (κ3) is 5.94. The lowest BCUT2D eigenvalue weighted by molar-refractivity contribution is -0.222. The molecule has 0 heterocycles. The molecule has 0 aromatic heterocycles. The lowest BCUT2D eigenvalue weighted by Crippen LogP contribution is -2.36. The molecule has 0 aliphatic heterocycles. The highest BCUT2D eigenvalue weighted by Crippen LogP contribution is 2.36. The summed E-state index contributed by atoms with van der Waals surface area (Å²) < 4.78 is 17.4. The maximum Gasteiger partial charge on any atom is 0.303 e. The van der Waals surface area contributed by atoms with Crippen LogP contribution in [0, 0.1) is 0 Å². The zero-order valence-corrected chi connectivity index (χ0v) is 17.7. The van der Waals surface area contributed by atoms with E-state index in [0.29, 0.717) is 19.6 Å². The Kier molecular flexibility index (Phi) is 7.66. The maximum absolute atomic E-state index is 10.7. The molecule has 1 N–H and O–H groups in total. The van der Waals surface area contributed by atoms with Crippen LogP contribution in [0.2, 0.25) is 0 Å². The summed E-state index contributed by atoms with van der Waals surface area (Å²) in [4.78, 5) is 10.7. The number of carboxylic acid groups (broad SMARTS) is 1. The van der Waals surface area contributed by atoms with E-state index in [0.717, 1.165) is 36.1 Å². The van der Waals surface area contributed by atoms with E-state index in [1.54, 1.807) is 7.11 Å². The molecule has 5 nitrogen and oxygen atoms in total. The predicted octanol–water partition coefficient (Wildman–Crippen LogP) is 5.23. The van der Waals surface area contributed by atoms with Crippen LogP contribution in [0.4, 0.5) is 0 Å². The number of aryl methyl sites for hydroxylation is 1. The molecule has 0 radical (unpaired) electrons. The zero-order chi connectivity index (χ0) is 21.4. The summed E-state index contributed by atoms with van der Waals surface area (Å²) in [6, 6.07) is 16.1. The van der Waals surface area contributed by atoms with Crippen molar-refractivity contribution in [2.24, 2.45) is 0 Å². The highest BCUT2D eigenvalue weighted by Gasteiger charge is 2.32. The summed E-state index contributed by atoms with van der Waals surface area (Å²) in [5.74, 6) is -0.498. The van der Waals surface area contributed by atoms with Gasteiger partial charge in [0.15, 0.2) is 5.79 Å². The van der Waals surface area contributed by atoms with Crippen LogP contribution < -0.4 is 4.74 Å². The molecule has 1 aliphatic carbocycles. The van der Waals surface area contributed by atoms with Gasteiger partial charge in [-0.15, -0.1) is 0 Å². The SMILES string of the molecule is CCOC1(OC)CC=C(c2cccc(COc3ccc(CCC(=O)O)cc3)c2)CC1. The maximum atomic E-state index is 10.7. The first-order valence-electron chi connectivity index (χ1n) is 10.4. The summed E-state index contributed by atoms with van der Waals surface area (Å²) in [5, 5.41) is 8.78. The van der Waals surface area contributed by atoms with Crippen LogP contribution in [0.1, 0.15) is 49.3 Å². The normalized spacial score (nSPS) is 18.7. The van der Waals surface area contributed by atoms with Crippen molar-refractivity contribution < 1.29 is 24.1 Å². The van der Waals surface area contributed by atoms with Crippen molar-refractivity contribution >= 4 is 11.5 Å². The van der Waals surface area contributed by atoms with Crippen molar-refractivity contribution in [2.45, 2.75) is 51.4 Å². The van der Waals surface area contributed by atoms with Gasteiger partial charge in [0, 0.05) is 33.0 Å². The number of ether oxygens (including phenoxy) is 3. The zero-order valence-electron chi connectivity index (χ0n) is 17.7. The topological polar surface area (TPSA) is 65.0 Å². The van der Waals surface area contributed by atoms with Crippen LogP contribution in [0.25, 0.3) is 5.57 Å². The second kappa shape index (κ2) is 10.4. The van der Waals surface area contributed by atoms with E-state index in [4.69, 9.17) is 19.3 Å². The van der Waals surface area contributed by atoms with Gasteiger partial charge in [0.05, 0.1) is 0 Å². The number of methoxy groups -OCH3 is 1. The molecule has 1 aliphatic rings. The first-order valence-corrected chi connectivity index (χ1v) is 10.4. The lowest BCUT2D eigenvalue weighted by atomic mass is 9.89. The highest BCUT2D eigenvalue weighted by molar-refractivity contribution is 5.67. The largest absolute Gasteiger partial charge is 0.489 e. The molecular weight excluding hydrogens is 380 g/mol. The smallest absolute Gasteiger partial charge is 0.303 e. The first-order chi connectivity index (χ1) is 14.5. The summed E-state index contributed by atoms with van der Waals surface area (Å²) in [6.07, 6.45) is 5.40. The van der Waals surface area contributed by atoms with Crippen molar-refractivity contribution in [1.82, 2.24) is 0 Å². The number of benzene rings is 2. The van der Waals surface area contributed by atoms with E-state index in [2.05, 4.69) is 30.3 Å². The summed E-state index contributed by atoms with van der Waals surface area (Å²) in [6.45, 7) is 3.12. The fourth-order valence-electron chi connectivity index (χ4n) is 3.74. The molecular formula is C25H30O5. The van der Waals surface area contributed by atoms with Crippen LogP contribution in [0.15, 0.2) is 54.6 Å². The van der Waals surface area contributed by atoms with E-state index in [1.165, 1.54) is 11.1 Å². The summed E-state index contributed by atoms with van der Waals surface area (Å²) in [5.41, 5.74) is 4.63. The molecule has 0 saturated heterocycles. The molecule has 5 heteroatoms. The Hall–Kier alpha value is -2.63. The summed E-state index contributed by atoms with van der Waals surface area (Å²) in [7, 11) is 1.71. The second-order valence-corrected chi connectivity index (χ2v) is 7.51. The Morgan fingerprint density at radius 1 is 1.13 bits per heavy atom. The quantitative estimate of drug-likeness (QED) is 0.544. The van der Waals surface area contributed by atoms with Crippen LogP contribution >= 0.6 is 0 Å². The average molecular weight is 411 g/mol. The van der Waals surface area contributed by atoms with Gasteiger partial charge in [-0.05, 0) is 60.2 Å². The van der Waals surface area contributed by atoms with Gasteiger partial charge in [-0.3, -0.25) is 4.79 Å². The predicted molar refractivity (Wildman–Crippen MR) is 116 cm³/mol. The molecule has 0 saturated carbocycles. The van der Waals surface area contributed by atoms with E-state index < -0.39 is 11.8 Å². The van der Waals surface area contributed by atoms with E-state index in [9.17, 15) is 4.79 Å². The number of hydrogen-bond acceptors (Lipinski definition) is 4. The standard InChI is InChI=1S/C25H30O5/c1-3-30-25(28-2)15-13-21(14-16-25)22-6-4-5-20(17-22)18-29-23-10-7-19(8-11-23)9-12-24(26)27/h4-8,10-11,13,17H,3,9,12,14-16,18H2,1-2H3,(H,26,27). The Morgan fingerprint density at radius 3 is 2.57 bits per heavy atom. The van der Waals surface area contributed by atoms with Crippen LogP contribution in [0.3, 0.4) is 0 Å². The minimum atomic E-state index is -0.783. The molecule has 0 fully saturated rings. The Morgan fingerprint density at radius 2 is 1.93 bits per heavy atom. The molecule has 1 atom stereocenters. The Bertz CT molecular complexity index is 871. The number of rotatable bonds is 10. The molecule has 3 rings (SSSR count). The van der Waals surface area contributed by atoms with Crippen LogP contribution in [-0.4, -0.2) is 30.6 Å². The number of carboxylic acids is 1. The molecule has 2 aromatic carbocycles. The molecule has 160 valence electrons. The van der Waals surface area contributed by atoms with Crippen molar-refractivity contribution in [3.8, 4) is 5.75 Å². The van der Waals surface area contributed by atoms with Crippen LogP contribution in [-0.2, 0) is 27.3 Å². The van der Waals surface area contributed by atoms with Gasteiger partial charge in [0.25, 0.3) is 0 Å². The van der Waals surface area contributed by atoms with Gasteiger partial charge in [-0.1, -0.05) is 36.4 Å². The second-order valence-electron chi connectivity index (χ2n) is 7.51. The van der Waals surface area contributed by atoms with Gasteiger partial charge >= 0.3 is 5.97 Å². The molecule has 0 amide bonds. The molecule has 2 aromatic rings. The number of aliphatic carboxylic acids is 1. The third-order valence-corrected chi connectivity index (χ3v) is 5.47. The minimum Gasteiger partial charge on any atom is -0.489 e. The van der Waals surface area contributed by atoms with Crippen molar-refractivity contribution in [3.63, 3.8) is 0 Å². The van der Waals surface area contributed by atoms with E-state index >= 15 is 0 Å². The van der Waals surface area contributed by atoms with Gasteiger partial charge in [0.2, 0.25) is 0 Å². The monoisotopic (exact) mass is 410 g/mol. The average Bonchev–Trinajstić information content (AvgIpc) is 2.78. The number of allylic oxidation sites excluding steroid dienone is 1. The Balaban J connectivity index is 1.59. The molecule has 1 unspecified atom stereocenters. The Labute approximate surface area is 178 Å². The van der Waals surface area contributed by atoms with Crippen LogP contribution in [0.5, 0.6) is 5.75 Å². The van der Waals surface area contributed by atoms with Gasteiger partial charge in [0.1, 0.15) is 12.4 Å². The van der Waals surface area contributed by atoms with E-state index in [-0.39, 0.29) is 6.42 Å². The lowest BCUT2D eigenvalue weighted by Gasteiger charge is -2.34. The highest BCUT2D eigenvalue weighted by atomic mass is 16.7. The summed E-state index contributed by atoms with van der Waals surface area (Å²) >= 11 is 0. The number of hydrogen-bond donors (Lipinski definition) is 1. The van der Waals surface area contributed by atoms with Crippen molar-refractivity contribution in [3.05, 3.63) is 71.3 Å². The molecule has 0 spiro atoms. The fraction of sp³-hybridized carbons (Fsp3) is 0.400. The molecule has 30 heavy (non-hydrogen) atoms. The van der Waals surface area contributed by atoms with Gasteiger partial charge in [-0.2, -0.15) is 0 Å². The van der Waals surface area contributed by atoms with Gasteiger partial charge < -0.3 is 19.3 Å². The number of carbonyl (C=O) groups is 1. The minimum absolute atomic E-state index is 0.138. The third-order valence-electron chi connectivity index (χ3n) is 5.47. The van der Waals surface area contributed by atoms with Crippen molar-refractivity contribution in [2.75, 3.05) is 13.7 Å². The molecule has 0 bridgehead atoms. The first kappa shape index (κ1) is 22.1. The van der Waals surface area contributed by atoms with E-state index in [1.807, 2.05) is 31.2 Å². The van der Waals surface area contributed by atoms with Gasteiger partial charge in [-0.25, -0.2) is 0 Å². The fourth-order valence-corrected chi connectivity index (χ4v) is 3.74. The van der Waals surface area contributed by atoms with Crippen molar-refractivity contribution in [1.29, 1.82) is 0 Å².